The van der Waals surface area contributed by atoms with Crippen molar-refractivity contribution >= 4 is 17.8 Å². The largest absolute Gasteiger partial charge is 0.493 e. The van der Waals surface area contributed by atoms with E-state index in [0.717, 1.165) is 5.56 Å². The molecule has 0 bridgehead atoms. The van der Waals surface area contributed by atoms with Gasteiger partial charge >= 0.3 is 5.97 Å². The van der Waals surface area contributed by atoms with Crippen molar-refractivity contribution in [3.05, 3.63) is 70.5 Å². The van der Waals surface area contributed by atoms with E-state index in [1.54, 1.807) is 50.6 Å². The van der Waals surface area contributed by atoms with Gasteiger partial charge in [-0.3, -0.25) is 9.59 Å². The maximum absolute atomic E-state index is 13.4. The molecule has 0 aromatic heterocycles. The highest BCUT2D eigenvalue weighted by Gasteiger charge is 2.39. The minimum atomic E-state index is -0.427. The Labute approximate surface area is 219 Å². The molecule has 0 spiro atoms. The molecule has 0 N–H and O–H groups in total. The molecule has 0 amide bonds. The standard InChI is InChI=1S/C29H26O9/c1-32-19-9-6-15(12-22(19)34-3)18-14-24(30)37-20-11-8-17-26(31)23(38-28(17)25(18)20)13-16-7-10-21(33-2)29(36-5)27(16)35-4/h6-13,18H,14H2,1-5H3/b23-13-. The lowest BCUT2D eigenvalue weighted by atomic mass is 9.84. The van der Waals surface area contributed by atoms with Crippen molar-refractivity contribution in [3.8, 4) is 40.2 Å². The number of methoxy groups -OCH3 is 5. The number of benzene rings is 3. The van der Waals surface area contributed by atoms with Crippen LogP contribution in [0.2, 0.25) is 0 Å². The average molecular weight is 519 g/mol. The van der Waals surface area contributed by atoms with Crippen LogP contribution in [0.5, 0.6) is 40.2 Å². The molecule has 0 aliphatic carbocycles. The lowest BCUT2D eigenvalue weighted by molar-refractivity contribution is -0.135. The van der Waals surface area contributed by atoms with Crippen LogP contribution in [0.3, 0.4) is 0 Å². The monoisotopic (exact) mass is 518 g/mol. The zero-order valence-electron chi connectivity index (χ0n) is 21.6. The van der Waals surface area contributed by atoms with Crippen LogP contribution in [0.25, 0.3) is 6.08 Å². The predicted octanol–water partition coefficient (Wildman–Crippen LogP) is 4.79. The Bertz CT molecular complexity index is 1470. The first-order valence-electron chi connectivity index (χ1n) is 11.8. The van der Waals surface area contributed by atoms with E-state index in [2.05, 4.69) is 0 Å². The van der Waals surface area contributed by atoms with Crippen molar-refractivity contribution in [3.63, 3.8) is 0 Å². The number of esters is 1. The van der Waals surface area contributed by atoms with Gasteiger partial charge in [-0.1, -0.05) is 6.07 Å². The van der Waals surface area contributed by atoms with Crippen LogP contribution in [-0.2, 0) is 4.79 Å². The van der Waals surface area contributed by atoms with Crippen molar-refractivity contribution in [1.82, 2.24) is 0 Å². The molecule has 2 aliphatic rings. The van der Waals surface area contributed by atoms with Crippen LogP contribution in [0.1, 0.15) is 39.4 Å². The molecular weight excluding hydrogens is 492 g/mol. The van der Waals surface area contributed by atoms with Gasteiger partial charge in [0.1, 0.15) is 11.5 Å². The summed E-state index contributed by atoms with van der Waals surface area (Å²) in [5.74, 6) is 2.05. The Kier molecular flexibility index (Phi) is 6.59. The van der Waals surface area contributed by atoms with Crippen LogP contribution in [0.15, 0.2) is 48.2 Å². The summed E-state index contributed by atoms with van der Waals surface area (Å²) in [4.78, 5) is 25.9. The van der Waals surface area contributed by atoms with Gasteiger partial charge in [-0.25, -0.2) is 0 Å². The molecule has 38 heavy (non-hydrogen) atoms. The third-order valence-corrected chi connectivity index (χ3v) is 6.61. The van der Waals surface area contributed by atoms with Crippen LogP contribution in [-0.4, -0.2) is 47.3 Å². The van der Waals surface area contributed by atoms with Crippen LogP contribution in [0.4, 0.5) is 0 Å². The van der Waals surface area contributed by atoms with E-state index in [0.29, 0.717) is 56.9 Å². The number of carbonyl (C=O) groups is 2. The second kappa shape index (κ2) is 10.0. The van der Waals surface area contributed by atoms with Gasteiger partial charge in [-0.2, -0.15) is 0 Å². The lowest BCUT2D eigenvalue weighted by Gasteiger charge is -2.26. The van der Waals surface area contributed by atoms with Gasteiger partial charge in [0.05, 0.1) is 47.5 Å². The molecule has 196 valence electrons. The predicted molar refractivity (Wildman–Crippen MR) is 137 cm³/mol. The Morgan fingerprint density at radius 1 is 0.763 bits per heavy atom. The molecule has 1 unspecified atom stereocenters. The molecule has 2 heterocycles. The molecule has 1 atom stereocenters. The summed E-state index contributed by atoms with van der Waals surface area (Å²) in [6.45, 7) is 0. The second-order valence-electron chi connectivity index (χ2n) is 8.56. The summed E-state index contributed by atoms with van der Waals surface area (Å²) >= 11 is 0. The molecule has 3 aromatic carbocycles. The fraction of sp³-hybridized carbons (Fsp3) is 0.241. The Morgan fingerprint density at radius 3 is 2.16 bits per heavy atom. The summed E-state index contributed by atoms with van der Waals surface area (Å²) < 4.78 is 38.9. The summed E-state index contributed by atoms with van der Waals surface area (Å²) in [5, 5.41) is 0. The first-order chi connectivity index (χ1) is 18.4. The van der Waals surface area contributed by atoms with E-state index in [-0.39, 0.29) is 23.9 Å². The van der Waals surface area contributed by atoms with Crippen molar-refractivity contribution in [2.24, 2.45) is 0 Å². The van der Waals surface area contributed by atoms with Crippen molar-refractivity contribution in [1.29, 1.82) is 0 Å². The zero-order chi connectivity index (χ0) is 27.0. The summed E-state index contributed by atoms with van der Waals surface area (Å²) in [6.07, 6.45) is 1.66. The van der Waals surface area contributed by atoms with Crippen LogP contribution >= 0.6 is 0 Å². The Balaban J connectivity index is 1.61. The van der Waals surface area contributed by atoms with E-state index in [9.17, 15) is 9.59 Å². The van der Waals surface area contributed by atoms with Gasteiger partial charge < -0.3 is 33.2 Å². The molecular formula is C29H26O9. The molecule has 3 aromatic rings. The SMILES string of the molecule is COc1ccc(C2CC(=O)Oc3ccc4c(c32)O/C(=C\c2ccc(OC)c(OC)c2OC)C4=O)cc1OC. The number of ether oxygens (including phenoxy) is 7. The topological polar surface area (TPSA) is 98.8 Å². The number of allylic oxidation sites excluding steroid dienone is 1. The molecule has 0 fully saturated rings. The molecule has 0 saturated heterocycles. The lowest BCUT2D eigenvalue weighted by Crippen LogP contribution is -2.21. The quantitative estimate of drug-likeness (QED) is 0.248. The third kappa shape index (κ3) is 4.06. The van der Waals surface area contributed by atoms with E-state index in [4.69, 9.17) is 33.2 Å². The minimum absolute atomic E-state index is 0.0685. The van der Waals surface area contributed by atoms with Gasteiger partial charge in [0.25, 0.3) is 0 Å². The smallest absolute Gasteiger partial charge is 0.312 e. The number of fused-ring (bicyclic) bond motifs is 3. The highest BCUT2D eigenvalue weighted by Crippen LogP contribution is 2.50. The first kappa shape index (κ1) is 25.0. The molecule has 9 nitrogen and oxygen atoms in total. The average Bonchev–Trinajstić information content (AvgIpc) is 3.26. The van der Waals surface area contributed by atoms with Gasteiger partial charge in [0.15, 0.2) is 28.8 Å². The minimum Gasteiger partial charge on any atom is -0.493 e. The Hall–Kier alpha value is -4.66. The zero-order valence-corrected chi connectivity index (χ0v) is 21.6. The van der Waals surface area contributed by atoms with E-state index >= 15 is 0 Å². The van der Waals surface area contributed by atoms with E-state index < -0.39 is 5.92 Å². The number of ketones is 1. The fourth-order valence-electron chi connectivity index (χ4n) is 4.84. The number of rotatable bonds is 7. The molecule has 9 heteroatoms. The first-order valence-corrected chi connectivity index (χ1v) is 11.8. The Morgan fingerprint density at radius 2 is 1.47 bits per heavy atom. The van der Waals surface area contributed by atoms with Gasteiger partial charge in [-0.05, 0) is 48.0 Å². The molecule has 0 saturated carbocycles. The number of hydrogen-bond acceptors (Lipinski definition) is 9. The van der Waals surface area contributed by atoms with Gasteiger partial charge in [0.2, 0.25) is 11.5 Å². The summed E-state index contributed by atoms with van der Waals surface area (Å²) in [7, 11) is 7.64. The number of carbonyl (C=O) groups excluding carboxylic acids is 2. The normalized spacial score (nSPS) is 16.8. The van der Waals surface area contributed by atoms with Gasteiger partial charge in [0, 0.05) is 17.0 Å². The molecule has 2 aliphatic heterocycles. The fourth-order valence-corrected chi connectivity index (χ4v) is 4.84. The van der Waals surface area contributed by atoms with E-state index in [1.807, 2.05) is 12.1 Å². The van der Waals surface area contributed by atoms with Crippen molar-refractivity contribution in [2.45, 2.75) is 12.3 Å². The second-order valence-corrected chi connectivity index (χ2v) is 8.56. The van der Waals surface area contributed by atoms with Crippen molar-refractivity contribution < 1.29 is 42.7 Å². The number of Topliss-reactive ketones (excluding diaryl/α,β-unsaturated/α-hetero) is 1. The van der Waals surface area contributed by atoms with Gasteiger partial charge in [-0.15, -0.1) is 0 Å². The van der Waals surface area contributed by atoms with Crippen LogP contribution < -0.4 is 33.2 Å². The maximum Gasteiger partial charge on any atom is 0.312 e. The highest BCUT2D eigenvalue weighted by atomic mass is 16.5. The third-order valence-electron chi connectivity index (χ3n) is 6.61. The summed E-state index contributed by atoms with van der Waals surface area (Å²) in [6, 6.07) is 12.1. The van der Waals surface area contributed by atoms with E-state index in [1.165, 1.54) is 21.3 Å². The number of hydrogen-bond donors (Lipinski definition) is 0. The van der Waals surface area contributed by atoms with Crippen molar-refractivity contribution in [2.75, 3.05) is 35.5 Å². The summed E-state index contributed by atoms with van der Waals surface area (Å²) in [5.41, 5.74) is 2.35. The molecule has 0 radical (unpaired) electrons. The maximum atomic E-state index is 13.4. The highest BCUT2D eigenvalue weighted by molar-refractivity contribution is 6.15. The van der Waals surface area contributed by atoms with Crippen LogP contribution in [0, 0.1) is 0 Å². The molecule has 5 rings (SSSR count).